The Balaban J connectivity index is 2.16. The third kappa shape index (κ3) is 6.21. The average Bonchev–Trinajstić information content (AvgIpc) is 2.26. The number of nitrogens with zero attached hydrogens (tertiary/aromatic N) is 1. The summed E-state index contributed by atoms with van der Waals surface area (Å²) in [7, 11) is 0. The smallest absolute Gasteiger partial charge is 0.407 e. The van der Waals surface area contributed by atoms with E-state index in [0.29, 0.717) is 12.5 Å². The van der Waals surface area contributed by atoms with Crippen LogP contribution < -0.4 is 5.32 Å². The second-order valence-electron chi connectivity index (χ2n) is 5.89. The Morgan fingerprint density at radius 2 is 2.00 bits per heavy atom. The molecule has 0 spiro atoms. The summed E-state index contributed by atoms with van der Waals surface area (Å²) < 4.78 is 5.19. The lowest BCUT2D eigenvalue weighted by Crippen LogP contribution is -2.40. The molecule has 0 aromatic rings. The van der Waals surface area contributed by atoms with Crippen LogP contribution in [0.15, 0.2) is 0 Å². The van der Waals surface area contributed by atoms with Gasteiger partial charge in [-0.05, 0) is 52.6 Å². The van der Waals surface area contributed by atoms with Crippen LogP contribution in [0.1, 0.15) is 33.6 Å². The fraction of sp³-hybridized carbons (Fsp3) is 0.923. The predicted molar refractivity (Wildman–Crippen MR) is 70.5 cm³/mol. The second kappa shape index (κ2) is 6.95. The Bertz CT molecular complexity index is 255. The van der Waals surface area contributed by atoms with E-state index in [0.717, 1.165) is 32.5 Å². The number of aliphatic hydroxyl groups excluding tert-OH is 1. The highest BCUT2D eigenvalue weighted by Crippen LogP contribution is 2.16. The largest absolute Gasteiger partial charge is 0.444 e. The van der Waals surface area contributed by atoms with Gasteiger partial charge in [0.1, 0.15) is 5.60 Å². The standard InChI is InChI=1S/C13H26N2O3/c1-13(2,3)18-12(17)14-10-11-4-6-15(7-5-11)8-9-16/h11,16H,4-10H2,1-3H3,(H,14,17). The van der Waals surface area contributed by atoms with Crippen molar-refractivity contribution in [3.63, 3.8) is 0 Å². The van der Waals surface area contributed by atoms with Gasteiger partial charge in [-0.1, -0.05) is 0 Å². The number of hydrogen-bond acceptors (Lipinski definition) is 4. The van der Waals surface area contributed by atoms with Crippen LogP contribution in [0.5, 0.6) is 0 Å². The molecule has 18 heavy (non-hydrogen) atoms. The molecule has 1 amide bonds. The van der Waals surface area contributed by atoms with E-state index in [9.17, 15) is 4.79 Å². The molecule has 2 N–H and O–H groups in total. The van der Waals surface area contributed by atoms with Gasteiger partial charge in [0.05, 0.1) is 6.61 Å². The summed E-state index contributed by atoms with van der Waals surface area (Å²) in [6.45, 7) is 9.25. The third-order valence-electron chi connectivity index (χ3n) is 3.06. The molecule has 5 heteroatoms. The van der Waals surface area contributed by atoms with Gasteiger partial charge >= 0.3 is 6.09 Å². The highest BCUT2D eigenvalue weighted by Gasteiger charge is 2.21. The number of amides is 1. The number of ether oxygens (including phenoxy) is 1. The molecular formula is C13H26N2O3. The van der Waals surface area contributed by atoms with Gasteiger partial charge in [-0.3, -0.25) is 0 Å². The molecule has 0 bridgehead atoms. The molecule has 0 unspecified atom stereocenters. The summed E-state index contributed by atoms with van der Waals surface area (Å²) in [6.07, 6.45) is 1.80. The van der Waals surface area contributed by atoms with Gasteiger partial charge in [-0.25, -0.2) is 4.79 Å². The normalized spacial score (nSPS) is 18.7. The Morgan fingerprint density at radius 1 is 1.39 bits per heavy atom. The summed E-state index contributed by atoms with van der Waals surface area (Å²) in [4.78, 5) is 13.7. The Labute approximate surface area is 109 Å². The second-order valence-corrected chi connectivity index (χ2v) is 5.89. The molecular weight excluding hydrogens is 232 g/mol. The lowest BCUT2D eigenvalue weighted by atomic mass is 9.97. The molecule has 106 valence electrons. The molecule has 0 radical (unpaired) electrons. The monoisotopic (exact) mass is 258 g/mol. The van der Waals surface area contributed by atoms with Gasteiger partial charge in [0.15, 0.2) is 0 Å². The zero-order chi connectivity index (χ0) is 13.6. The van der Waals surface area contributed by atoms with Crippen LogP contribution in [0.4, 0.5) is 4.79 Å². The van der Waals surface area contributed by atoms with Gasteiger partial charge in [0.25, 0.3) is 0 Å². The van der Waals surface area contributed by atoms with Crippen molar-refractivity contribution in [1.82, 2.24) is 10.2 Å². The first-order chi connectivity index (χ1) is 8.40. The average molecular weight is 258 g/mol. The van der Waals surface area contributed by atoms with Crippen LogP contribution >= 0.6 is 0 Å². The van der Waals surface area contributed by atoms with E-state index in [1.807, 2.05) is 20.8 Å². The van der Waals surface area contributed by atoms with Crippen LogP contribution in [-0.2, 0) is 4.74 Å². The van der Waals surface area contributed by atoms with Crippen molar-refractivity contribution in [2.24, 2.45) is 5.92 Å². The van der Waals surface area contributed by atoms with Crippen LogP contribution in [0.3, 0.4) is 0 Å². The topological polar surface area (TPSA) is 61.8 Å². The van der Waals surface area contributed by atoms with E-state index in [1.54, 1.807) is 0 Å². The summed E-state index contributed by atoms with van der Waals surface area (Å²) in [6, 6.07) is 0. The first-order valence-corrected chi connectivity index (χ1v) is 6.71. The Hall–Kier alpha value is -0.810. The van der Waals surface area contributed by atoms with Gasteiger partial charge in [-0.2, -0.15) is 0 Å². The maximum atomic E-state index is 11.5. The number of alkyl carbamates (subject to hydrolysis) is 1. The number of piperidine rings is 1. The zero-order valence-corrected chi connectivity index (χ0v) is 11.7. The zero-order valence-electron chi connectivity index (χ0n) is 11.7. The molecule has 0 atom stereocenters. The van der Waals surface area contributed by atoms with E-state index in [-0.39, 0.29) is 12.7 Å². The number of likely N-dealkylation sites (tertiary alicyclic amines) is 1. The summed E-state index contributed by atoms with van der Waals surface area (Å²) in [5.74, 6) is 0.521. The molecule has 0 aromatic heterocycles. The maximum absolute atomic E-state index is 11.5. The maximum Gasteiger partial charge on any atom is 0.407 e. The Kier molecular flexibility index (Phi) is 5.88. The molecule has 0 saturated carbocycles. The minimum Gasteiger partial charge on any atom is -0.444 e. The number of carbonyl (C=O) groups excluding carboxylic acids is 1. The van der Waals surface area contributed by atoms with Crippen LogP contribution in [0.2, 0.25) is 0 Å². The SMILES string of the molecule is CC(C)(C)OC(=O)NCC1CCN(CCO)CC1. The molecule has 0 aromatic carbocycles. The van der Waals surface area contributed by atoms with E-state index in [1.165, 1.54) is 0 Å². The van der Waals surface area contributed by atoms with E-state index < -0.39 is 5.60 Å². The highest BCUT2D eigenvalue weighted by atomic mass is 16.6. The van der Waals surface area contributed by atoms with Gasteiger partial charge < -0.3 is 20.1 Å². The number of hydrogen-bond donors (Lipinski definition) is 2. The molecule has 0 aliphatic carbocycles. The number of rotatable bonds is 4. The molecule has 1 aliphatic rings. The van der Waals surface area contributed by atoms with E-state index in [2.05, 4.69) is 10.2 Å². The first kappa shape index (κ1) is 15.2. The number of nitrogens with one attached hydrogen (secondary N) is 1. The van der Waals surface area contributed by atoms with Crippen molar-refractivity contribution in [3.8, 4) is 0 Å². The molecule has 1 aliphatic heterocycles. The van der Waals surface area contributed by atoms with Gasteiger partial charge in [0, 0.05) is 13.1 Å². The molecule has 1 fully saturated rings. The lowest BCUT2D eigenvalue weighted by Gasteiger charge is -2.31. The summed E-state index contributed by atoms with van der Waals surface area (Å²) >= 11 is 0. The number of carbonyl (C=O) groups is 1. The minimum absolute atomic E-state index is 0.223. The summed E-state index contributed by atoms with van der Waals surface area (Å²) in [5.41, 5.74) is -0.436. The van der Waals surface area contributed by atoms with Crippen molar-refractivity contribution >= 4 is 6.09 Å². The lowest BCUT2D eigenvalue weighted by molar-refractivity contribution is 0.0509. The van der Waals surface area contributed by atoms with Crippen molar-refractivity contribution < 1.29 is 14.6 Å². The van der Waals surface area contributed by atoms with E-state index in [4.69, 9.17) is 9.84 Å². The molecule has 1 heterocycles. The predicted octanol–water partition coefficient (Wildman–Crippen LogP) is 1.22. The highest BCUT2D eigenvalue weighted by molar-refractivity contribution is 5.67. The van der Waals surface area contributed by atoms with Crippen molar-refractivity contribution in [1.29, 1.82) is 0 Å². The molecule has 1 saturated heterocycles. The van der Waals surface area contributed by atoms with Gasteiger partial charge in [-0.15, -0.1) is 0 Å². The number of aliphatic hydroxyl groups is 1. The number of β-amino-alcohol motifs (C(OH)–C–C–N with tert-alkyl or cyclic N) is 1. The molecule has 1 rings (SSSR count). The minimum atomic E-state index is -0.436. The quantitative estimate of drug-likeness (QED) is 0.796. The van der Waals surface area contributed by atoms with Crippen LogP contribution in [0, 0.1) is 5.92 Å². The van der Waals surface area contributed by atoms with Crippen molar-refractivity contribution in [3.05, 3.63) is 0 Å². The third-order valence-corrected chi connectivity index (χ3v) is 3.06. The Morgan fingerprint density at radius 3 is 2.50 bits per heavy atom. The van der Waals surface area contributed by atoms with Crippen molar-refractivity contribution in [2.45, 2.75) is 39.2 Å². The van der Waals surface area contributed by atoms with Crippen LogP contribution in [-0.4, -0.2) is 54.5 Å². The fourth-order valence-electron chi connectivity index (χ4n) is 2.10. The van der Waals surface area contributed by atoms with Gasteiger partial charge in [0.2, 0.25) is 0 Å². The van der Waals surface area contributed by atoms with Crippen LogP contribution in [0.25, 0.3) is 0 Å². The fourth-order valence-corrected chi connectivity index (χ4v) is 2.10. The summed E-state index contributed by atoms with van der Waals surface area (Å²) in [5, 5.41) is 11.7. The first-order valence-electron chi connectivity index (χ1n) is 6.71. The molecule has 5 nitrogen and oxygen atoms in total. The van der Waals surface area contributed by atoms with Crippen molar-refractivity contribution in [2.75, 3.05) is 32.8 Å². The van der Waals surface area contributed by atoms with E-state index >= 15 is 0 Å².